The maximum Gasteiger partial charge on any atom is 0.358 e. The van der Waals surface area contributed by atoms with Crippen LogP contribution in [0.25, 0.3) is 32.2 Å². The second-order valence-corrected chi connectivity index (χ2v) is 31.7. The maximum atomic E-state index is 14.8. The highest BCUT2D eigenvalue weighted by Gasteiger charge is 2.47. The zero-order valence-corrected chi connectivity index (χ0v) is 51.2. The number of aryl methyl sites for hydroxylation is 2. The fourth-order valence-electron chi connectivity index (χ4n) is 12.1. The molecule has 19 nitrogen and oxygen atoms in total. The van der Waals surface area contributed by atoms with Crippen molar-refractivity contribution in [3.05, 3.63) is 113 Å². The van der Waals surface area contributed by atoms with E-state index in [0.29, 0.717) is 77.4 Å². The van der Waals surface area contributed by atoms with Gasteiger partial charge in [-0.25, -0.2) is 14.8 Å². The molecule has 3 aliphatic heterocycles. The number of fused-ring (bicyclic) bond motifs is 3. The number of aromatic nitrogens is 5. The molecule has 0 bridgehead atoms. The number of piperidine rings is 2. The number of pyridine rings is 2. The average Bonchev–Trinajstić information content (AvgIpc) is 3.92. The van der Waals surface area contributed by atoms with Crippen LogP contribution in [0.5, 0.6) is 11.5 Å². The molecule has 4 amide bonds. The molecule has 1 aliphatic carbocycles. The first kappa shape index (κ1) is 58.2. The Bertz CT molecular complexity index is 3670. The van der Waals surface area contributed by atoms with E-state index in [1.807, 2.05) is 94.4 Å². The van der Waals surface area contributed by atoms with Crippen LogP contribution in [0.4, 0.5) is 16.6 Å². The summed E-state index contributed by atoms with van der Waals surface area (Å²) in [6.45, 7) is 17.8. The summed E-state index contributed by atoms with van der Waals surface area (Å²) in [5.41, 5.74) is 6.69. The molecule has 2 saturated heterocycles. The normalized spacial score (nSPS) is 17.4. The Hall–Kier alpha value is -7.59. The predicted octanol–water partition coefficient (Wildman–Crippen LogP) is 10.2. The molecule has 4 aromatic heterocycles. The second-order valence-electron chi connectivity index (χ2n) is 25.1. The first-order valence-electron chi connectivity index (χ1n) is 29.0. The van der Waals surface area contributed by atoms with Crippen LogP contribution in [0.1, 0.15) is 109 Å². The van der Waals surface area contributed by atoms with Crippen molar-refractivity contribution < 1.29 is 42.9 Å². The highest BCUT2D eigenvalue weighted by atomic mass is 32.1. The summed E-state index contributed by atoms with van der Waals surface area (Å²) in [6, 6.07) is 24.3. The fraction of sp³-hybridized carbons (Fsp3) is 0.444. The molecule has 1 spiro atoms. The number of benzene rings is 3. The van der Waals surface area contributed by atoms with Gasteiger partial charge in [0.15, 0.2) is 16.6 Å². The number of hydrogen-bond acceptors (Lipinski definition) is 16. The quantitative estimate of drug-likeness (QED) is 0.0285. The number of nitrogens with one attached hydrogen (secondary N) is 2. The van der Waals surface area contributed by atoms with Crippen molar-refractivity contribution >= 4 is 86.8 Å². The highest BCUT2D eigenvalue weighted by molar-refractivity contribution is 7.22. The SMILES string of the molecule is COc1c(NC(=O)CN2CCC3(CC2)CC(Oc2ccc(-c4ccc(N5CCc6ccnc(C(=O)N(COCC[Si](C)(C)C)c7nc8ccccc8s7)c6C5)nc4C(=O)OC(C)(C)C)c(C)c2)C3)ccc2c(C3CCC(=O)NC3=O)nn(C)c12. The zero-order valence-electron chi connectivity index (χ0n) is 49.4. The molecule has 1 atom stereocenters. The van der Waals surface area contributed by atoms with E-state index in [2.05, 4.69) is 45.2 Å². The maximum absolute atomic E-state index is 14.8. The number of esters is 1. The molecular weight excluding hydrogens is 1100 g/mol. The van der Waals surface area contributed by atoms with Gasteiger partial charge in [0.1, 0.15) is 35.1 Å². The lowest BCUT2D eigenvalue weighted by Gasteiger charge is -2.51. The number of rotatable bonds is 17. The Morgan fingerprint density at radius 2 is 1.70 bits per heavy atom. The zero-order chi connectivity index (χ0) is 59.2. The number of para-hydroxylation sites is 1. The topological polar surface area (TPSA) is 213 Å². The molecule has 7 heterocycles. The van der Waals surface area contributed by atoms with E-state index in [4.69, 9.17) is 33.9 Å². The minimum absolute atomic E-state index is 0.0470. The van der Waals surface area contributed by atoms with Crippen LogP contribution >= 0.6 is 11.3 Å². The number of carbonyl (C=O) groups is 5. The van der Waals surface area contributed by atoms with Gasteiger partial charge in [-0.1, -0.05) is 49.2 Å². The van der Waals surface area contributed by atoms with Crippen molar-refractivity contribution in [2.45, 2.75) is 122 Å². The lowest BCUT2D eigenvalue weighted by atomic mass is 9.61. The Labute approximate surface area is 494 Å². The van der Waals surface area contributed by atoms with Crippen molar-refractivity contribution in [3.63, 3.8) is 0 Å². The molecule has 3 aromatic carbocycles. The number of methoxy groups -OCH3 is 1. The third-order valence-corrected chi connectivity index (χ3v) is 19.3. The van der Waals surface area contributed by atoms with E-state index in [1.165, 1.54) is 11.3 Å². The number of thiazole rings is 1. The van der Waals surface area contributed by atoms with E-state index in [-0.39, 0.29) is 60.5 Å². The van der Waals surface area contributed by atoms with E-state index >= 15 is 0 Å². The van der Waals surface area contributed by atoms with Crippen molar-refractivity contribution in [1.82, 2.24) is 34.9 Å². The van der Waals surface area contributed by atoms with Gasteiger partial charge in [0.25, 0.3) is 5.91 Å². The molecule has 11 rings (SSSR count). The molecule has 21 heteroatoms. The Kier molecular flexibility index (Phi) is 16.3. The van der Waals surface area contributed by atoms with E-state index in [0.717, 1.165) is 88.4 Å². The summed E-state index contributed by atoms with van der Waals surface area (Å²) < 4.78 is 27.3. The fourth-order valence-corrected chi connectivity index (χ4v) is 13.8. The van der Waals surface area contributed by atoms with Crippen LogP contribution in [0.2, 0.25) is 25.7 Å². The first-order valence-corrected chi connectivity index (χ1v) is 33.5. The summed E-state index contributed by atoms with van der Waals surface area (Å²) >= 11 is 1.45. The third kappa shape index (κ3) is 12.5. The van der Waals surface area contributed by atoms with Crippen LogP contribution in [0.3, 0.4) is 0 Å². The Morgan fingerprint density at radius 3 is 2.43 bits per heavy atom. The van der Waals surface area contributed by atoms with Crippen LogP contribution in [0.15, 0.2) is 79.0 Å². The van der Waals surface area contributed by atoms with Crippen molar-refractivity contribution in [2.75, 3.05) is 61.7 Å². The van der Waals surface area contributed by atoms with Crippen LogP contribution in [0, 0.1) is 12.3 Å². The predicted molar refractivity (Wildman–Crippen MR) is 327 cm³/mol. The van der Waals surface area contributed by atoms with Gasteiger partial charge in [0.05, 0.1) is 47.3 Å². The molecule has 1 saturated carbocycles. The largest absolute Gasteiger partial charge is 0.492 e. The minimum Gasteiger partial charge on any atom is -0.492 e. The van der Waals surface area contributed by atoms with Gasteiger partial charge in [0, 0.05) is 63.9 Å². The monoisotopic (exact) mass is 1170 g/mol. The molecule has 3 fully saturated rings. The third-order valence-electron chi connectivity index (χ3n) is 16.6. The number of nitrogens with zero attached hydrogens (tertiary/aromatic N) is 8. The Morgan fingerprint density at radius 1 is 0.929 bits per heavy atom. The average molecular weight is 1180 g/mol. The molecule has 440 valence electrons. The molecule has 4 aliphatic rings. The number of anilines is 3. The molecular formula is C63H74N10O9SSi. The number of imide groups is 1. The van der Waals surface area contributed by atoms with E-state index in [9.17, 15) is 24.0 Å². The number of ether oxygens (including phenoxy) is 4. The summed E-state index contributed by atoms with van der Waals surface area (Å²) in [6.07, 6.45) is 6.78. The summed E-state index contributed by atoms with van der Waals surface area (Å²) in [5, 5.41) is 11.4. The van der Waals surface area contributed by atoms with Crippen LogP contribution in [-0.4, -0.2) is 126 Å². The molecule has 1 unspecified atom stereocenters. The second kappa shape index (κ2) is 23.5. The lowest BCUT2D eigenvalue weighted by Crippen LogP contribution is -2.51. The smallest absolute Gasteiger partial charge is 0.358 e. The van der Waals surface area contributed by atoms with Gasteiger partial charge >= 0.3 is 5.97 Å². The van der Waals surface area contributed by atoms with Gasteiger partial charge in [-0.15, -0.1) is 0 Å². The lowest BCUT2D eigenvalue weighted by molar-refractivity contribution is -0.134. The standard InChI is InChI=1S/C63H74N10O9SSi/c1-38-32-40(81-41-33-63(34-41)24-28-71(29-25-63)36-52(75)65-48-19-16-44-53(45-18-21-51(74)68-58(45)76)69-70(5)56(44)57(48)79-6)14-15-42(38)43-17-20-50(67-55(43)60(78)82-62(2,3)4)72-27-23-39-22-26-64-54(46(39)35-72)59(77)73(37-80-30-31-84(7,8)9)61-66-47-12-10-11-13-49(47)83-61/h10-17,19-20,22,26,32,41,45H,18,21,23-25,27-31,33-37H2,1-9H3,(H,65,75)(H,68,74,76). The van der Waals surface area contributed by atoms with Crippen LogP contribution < -0.4 is 29.9 Å². The molecule has 2 N–H and O–H groups in total. The van der Waals surface area contributed by atoms with E-state index < -0.39 is 25.6 Å². The number of carbonyl (C=O) groups excluding carboxylic acids is 5. The molecule has 84 heavy (non-hydrogen) atoms. The summed E-state index contributed by atoms with van der Waals surface area (Å²) in [5.74, 6) is -0.381. The van der Waals surface area contributed by atoms with Gasteiger partial charge in [-0.2, -0.15) is 5.10 Å². The number of amides is 4. The molecule has 0 radical (unpaired) electrons. The molecule has 7 aromatic rings. The van der Waals surface area contributed by atoms with Crippen molar-refractivity contribution in [3.8, 4) is 22.6 Å². The van der Waals surface area contributed by atoms with Crippen LogP contribution in [-0.2, 0) is 43.9 Å². The first-order chi connectivity index (χ1) is 40.1. The number of hydrogen-bond donors (Lipinski definition) is 2. The van der Waals surface area contributed by atoms with E-state index in [1.54, 1.807) is 36.0 Å². The van der Waals surface area contributed by atoms with Gasteiger partial charge < -0.3 is 29.2 Å². The summed E-state index contributed by atoms with van der Waals surface area (Å²) in [7, 11) is 1.93. The number of likely N-dealkylation sites (tertiary alicyclic amines) is 1. The Balaban J connectivity index is 0.733. The van der Waals surface area contributed by atoms with Gasteiger partial charge in [-0.05, 0) is 162 Å². The van der Waals surface area contributed by atoms with Gasteiger partial charge in [-0.3, -0.25) is 44.0 Å². The van der Waals surface area contributed by atoms with Crippen molar-refractivity contribution in [2.24, 2.45) is 12.5 Å². The minimum atomic E-state index is -1.39. The van der Waals surface area contributed by atoms with Gasteiger partial charge in [0.2, 0.25) is 17.7 Å². The highest BCUT2D eigenvalue weighted by Crippen LogP contribution is 2.51. The summed E-state index contributed by atoms with van der Waals surface area (Å²) in [4.78, 5) is 87.6. The van der Waals surface area contributed by atoms with Crippen molar-refractivity contribution in [1.29, 1.82) is 0 Å².